The Kier molecular flexibility index (Phi) is 3.37. The predicted octanol–water partition coefficient (Wildman–Crippen LogP) is 2.76. The zero-order valence-corrected chi connectivity index (χ0v) is 12.9. The molecule has 3 rings (SSSR count). The van der Waals surface area contributed by atoms with E-state index in [1.807, 2.05) is 55.5 Å². The van der Waals surface area contributed by atoms with Gasteiger partial charge >= 0.3 is 0 Å². The van der Waals surface area contributed by atoms with E-state index in [0.717, 1.165) is 22.5 Å². The molecule has 0 spiro atoms. The molecule has 0 aromatic heterocycles. The number of nitrogens with zero attached hydrogens (tertiary/aromatic N) is 1. The van der Waals surface area contributed by atoms with Gasteiger partial charge in [0.25, 0.3) is 0 Å². The molecule has 1 N–H and O–H groups in total. The quantitative estimate of drug-likeness (QED) is 0.947. The van der Waals surface area contributed by atoms with E-state index in [9.17, 15) is 8.42 Å². The maximum atomic E-state index is 12.1. The molecule has 21 heavy (non-hydrogen) atoms. The van der Waals surface area contributed by atoms with Gasteiger partial charge in [-0.15, -0.1) is 0 Å². The van der Waals surface area contributed by atoms with Crippen LogP contribution in [0.3, 0.4) is 0 Å². The monoisotopic (exact) mass is 302 g/mol. The van der Waals surface area contributed by atoms with Crippen LogP contribution in [0.4, 0.5) is 11.4 Å². The number of rotatable bonds is 3. The molecular weight excluding hydrogens is 284 g/mol. The van der Waals surface area contributed by atoms with Gasteiger partial charge < -0.3 is 0 Å². The lowest BCUT2D eigenvalue weighted by molar-refractivity contribution is 0.585. The third-order valence-electron chi connectivity index (χ3n) is 3.81. The van der Waals surface area contributed by atoms with Gasteiger partial charge in [-0.3, -0.25) is 10.4 Å². The number of benzene rings is 2. The highest BCUT2D eigenvalue weighted by Gasteiger charge is 2.36. The Morgan fingerprint density at radius 2 is 1.76 bits per heavy atom. The lowest BCUT2D eigenvalue weighted by atomic mass is 10.2. The summed E-state index contributed by atoms with van der Waals surface area (Å²) in [6.07, 6.45) is 1.80. The normalized spacial score (nSPS) is 17.6. The lowest BCUT2D eigenvalue weighted by Crippen LogP contribution is -2.42. The summed E-state index contributed by atoms with van der Waals surface area (Å²) in [7, 11) is -3.19. The first kappa shape index (κ1) is 13.9. The fraction of sp³-hybridized carbons (Fsp3) is 0.250. The van der Waals surface area contributed by atoms with Crippen molar-refractivity contribution in [3.8, 4) is 0 Å². The molecule has 0 amide bonds. The van der Waals surface area contributed by atoms with Crippen LogP contribution in [0, 0.1) is 6.92 Å². The highest BCUT2D eigenvalue weighted by molar-refractivity contribution is 7.91. The minimum Gasteiger partial charge on any atom is -0.297 e. The number of hydrogen-bond donors (Lipinski definition) is 1. The van der Waals surface area contributed by atoms with Crippen molar-refractivity contribution in [3.63, 3.8) is 0 Å². The summed E-state index contributed by atoms with van der Waals surface area (Å²) in [5, 5.41) is 1.20. The van der Waals surface area contributed by atoms with E-state index >= 15 is 0 Å². The Balaban J connectivity index is 2.02. The minimum absolute atomic E-state index is 0.508. The zero-order chi connectivity index (χ0) is 15.0. The van der Waals surface area contributed by atoms with Crippen LogP contribution in [-0.2, 0) is 16.3 Å². The van der Waals surface area contributed by atoms with Crippen molar-refractivity contribution in [2.75, 3.05) is 16.7 Å². The van der Waals surface area contributed by atoms with Crippen LogP contribution in [0.15, 0.2) is 48.5 Å². The molecule has 0 saturated heterocycles. The van der Waals surface area contributed by atoms with Crippen LogP contribution < -0.4 is 10.4 Å². The minimum atomic E-state index is -3.19. The number of fused-ring (bicyclic) bond motifs is 1. The number of anilines is 2. The van der Waals surface area contributed by atoms with E-state index < -0.39 is 15.2 Å². The number of aryl methyl sites for hydroxylation is 1. The number of sulfone groups is 1. The van der Waals surface area contributed by atoms with Crippen molar-refractivity contribution < 1.29 is 8.42 Å². The largest absolute Gasteiger partial charge is 0.297 e. The third-order valence-corrected chi connectivity index (χ3v) is 5.18. The Morgan fingerprint density at radius 3 is 2.48 bits per heavy atom. The first-order valence-corrected chi connectivity index (χ1v) is 8.80. The topological polar surface area (TPSA) is 49.4 Å². The van der Waals surface area contributed by atoms with Crippen molar-refractivity contribution in [1.29, 1.82) is 0 Å². The van der Waals surface area contributed by atoms with E-state index in [1.165, 1.54) is 6.26 Å². The van der Waals surface area contributed by atoms with E-state index in [-0.39, 0.29) is 0 Å². The molecule has 0 aliphatic carbocycles. The van der Waals surface area contributed by atoms with Crippen LogP contribution in [0.25, 0.3) is 0 Å². The third kappa shape index (κ3) is 2.61. The molecule has 1 aliphatic rings. The van der Waals surface area contributed by atoms with Crippen molar-refractivity contribution >= 4 is 21.2 Å². The summed E-state index contributed by atoms with van der Waals surface area (Å²) in [5.41, 5.74) is 7.25. The first-order valence-electron chi connectivity index (χ1n) is 6.85. The summed E-state index contributed by atoms with van der Waals surface area (Å²) in [6, 6.07) is 15.7. The van der Waals surface area contributed by atoms with E-state index in [0.29, 0.717) is 6.42 Å². The Hall–Kier alpha value is -2.01. The fourth-order valence-electron chi connectivity index (χ4n) is 2.66. The smallest absolute Gasteiger partial charge is 0.170 e. The first-order chi connectivity index (χ1) is 9.97. The molecule has 1 unspecified atom stereocenters. The summed E-state index contributed by atoms with van der Waals surface area (Å²) in [4.78, 5) is 0. The van der Waals surface area contributed by atoms with Crippen LogP contribution in [-0.4, -0.2) is 20.0 Å². The van der Waals surface area contributed by atoms with Gasteiger partial charge in [0, 0.05) is 12.7 Å². The molecule has 0 fully saturated rings. The average molecular weight is 302 g/mol. The predicted molar refractivity (Wildman–Crippen MR) is 86.1 cm³/mol. The number of hydrogen-bond acceptors (Lipinski definition) is 4. The average Bonchev–Trinajstić information content (AvgIpc) is 2.80. The molecule has 0 radical (unpaired) electrons. The molecule has 110 valence electrons. The molecule has 5 heteroatoms. The highest BCUT2D eigenvalue weighted by atomic mass is 32.2. The number of nitrogens with one attached hydrogen (secondary N) is 1. The van der Waals surface area contributed by atoms with Crippen molar-refractivity contribution in [2.45, 2.75) is 18.7 Å². The molecule has 1 heterocycles. The Bertz CT molecular complexity index is 771. The summed E-state index contributed by atoms with van der Waals surface area (Å²) < 4.78 is 24.2. The van der Waals surface area contributed by atoms with E-state index in [1.54, 1.807) is 5.01 Å². The van der Waals surface area contributed by atoms with Crippen LogP contribution >= 0.6 is 0 Å². The maximum Gasteiger partial charge on any atom is 0.170 e. The molecular formula is C16H18N2O2S. The second kappa shape index (κ2) is 5.07. The SMILES string of the molecule is Cc1ccccc1NN1c2ccccc2CC1S(C)(=O)=O. The van der Waals surface area contributed by atoms with E-state index in [2.05, 4.69) is 5.43 Å². The van der Waals surface area contributed by atoms with E-state index in [4.69, 9.17) is 0 Å². The second-order valence-corrected chi connectivity index (χ2v) is 7.62. The van der Waals surface area contributed by atoms with Gasteiger partial charge in [-0.05, 0) is 30.2 Å². The maximum absolute atomic E-state index is 12.1. The Morgan fingerprint density at radius 1 is 1.10 bits per heavy atom. The second-order valence-electron chi connectivity index (χ2n) is 5.41. The number of para-hydroxylation sites is 2. The van der Waals surface area contributed by atoms with Gasteiger partial charge in [0.2, 0.25) is 0 Å². The number of hydrazine groups is 1. The van der Waals surface area contributed by atoms with Crippen molar-refractivity contribution in [3.05, 3.63) is 59.7 Å². The van der Waals surface area contributed by atoms with Gasteiger partial charge in [-0.2, -0.15) is 0 Å². The zero-order valence-electron chi connectivity index (χ0n) is 12.1. The molecule has 0 bridgehead atoms. The lowest BCUT2D eigenvalue weighted by Gasteiger charge is -2.28. The van der Waals surface area contributed by atoms with Crippen LogP contribution in [0.1, 0.15) is 11.1 Å². The fourth-order valence-corrected chi connectivity index (χ4v) is 3.69. The summed E-state index contributed by atoms with van der Waals surface area (Å²) in [5.74, 6) is 0. The van der Waals surface area contributed by atoms with Gasteiger partial charge in [0.05, 0.1) is 11.4 Å². The molecule has 2 aromatic rings. The Labute approximate surface area is 125 Å². The summed E-state index contributed by atoms with van der Waals surface area (Å²) >= 11 is 0. The van der Waals surface area contributed by atoms with Gasteiger partial charge in [0.1, 0.15) is 0 Å². The molecule has 1 atom stereocenters. The molecule has 0 saturated carbocycles. The van der Waals surface area contributed by atoms with Crippen molar-refractivity contribution in [1.82, 2.24) is 0 Å². The van der Waals surface area contributed by atoms with Gasteiger partial charge in [-0.25, -0.2) is 8.42 Å². The van der Waals surface area contributed by atoms with Crippen LogP contribution in [0.2, 0.25) is 0 Å². The highest BCUT2D eigenvalue weighted by Crippen LogP contribution is 2.34. The van der Waals surface area contributed by atoms with Gasteiger partial charge in [-0.1, -0.05) is 36.4 Å². The van der Waals surface area contributed by atoms with Crippen LogP contribution in [0.5, 0.6) is 0 Å². The van der Waals surface area contributed by atoms with Gasteiger partial charge in [0.15, 0.2) is 15.2 Å². The molecule has 1 aliphatic heterocycles. The molecule has 4 nitrogen and oxygen atoms in total. The summed E-state index contributed by atoms with van der Waals surface area (Å²) in [6.45, 7) is 2.00. The van der Waals surface area contributed by atoms with Crippen molar-refractivity contribution in [2.24, 2.45) is 0 Å². The molecule has 2 aromatic carbocycles. The standard InChI is InChI=1S/C16H18N2O2S/c1-12-7-3-5-9-14(12)17-18-15-10-6-4-8-13(15)11-16(18)21(2,19)20/h3-10,16-17H,11H2,1-2H3.